The molecule has 8 heteroatoms. The monoisotopic (exact) mass is 449 g/mol. The first-order chi connectivity index (χ1) is 15.3. The van der Waals surface area contributed by atoms with Gasteiger partial charge in [0.25, 0.3) is 11.8 Å². The van der Waals surface area contributed by atoms with E-state index in [0.717, 1.165) is 16.7 Å². The van der Waals surface area contributed by atoms with Crippen LogP contribution >= 0.6 is 0 Å². The smallest absolute Gasteiger partial charge is 0.256 e. The number of rotatable bonds is 5. The summed E-state index contributed by atoms with van der Waals surface area (Å²) < 4.78 is 27.5. The summed E-state index contributed by atoms with van der Waals surface area (Å²) in [7, 11) is -3.90. The van der Waals surface area contributed by atoms with Crippen LogP contribution in [0, 0.1) is 0 Å². The van der Waals surface area contributed by atoms with E-state index in [0.29, 0.717) is 5.69 Å². The fourth-order valence-electron chi connectivity index (χ4n) is 3.74. The van der Waals surface area contributed by atoms with Crippen LogP contribution < -0.4 is 15.2 Å². The van der Waals surface area contributed by atoms with Crippen LogP contribution in [-0.4, -0.2) is 26.3 Å². The van der Waals surface area contributed by atoms with E-state index in [9.17, 15) is 18.0 Å². The number of carbonyl (C=O) groups excluding carboxylic acids is 2. The molecule has 32 heavy (non-hydrogen) atoms. The van der Waals surface area contributed by atoms with Crippen LogP contribution in [0.5, 0.6) is 0 Å². The van der Waals surface area contributed by atoms with Gasteiger partial charge >= 0.3 is 0 Å². The number of carbonyl (C=O) groups is 2. The molecule has 2 amide bonds. The molecule has 164 valence electrons. The highest BCUT2D eigenvalue weighted by molar-refractivity contribution is 7.89. The van der Waals surface area contributed by atoms with Gasteiger partial charge in [-0.15, -0.1) is 0 Å². The Bertz CT molecular complexity index is 1280. The zero-order chi connectivity index (χ0) is 22.9. The minimum atomic E-state index is -3.90. The molecule has 3 aromatic carbocycles. The number of fused-ring (bicyclic) bond motifs is 3. The number of nitrogens with one attached hydrogen (secondary N) is 2. The molecule has 1 aliphatic rings. The van der Waals surface area contributed by atoms with E-state index in [2.05, 4.69) is 10.1 Å². The van der Waals surface area contributed by atoms with E-state index >= 15 is 0 Å². The Balaban J connectivity index is 1.62. The SMILES string of the molecule is CC1C(=O)N(NC(=O)[C@H](C)NS(=O)(=O)c2ccccc2)c2ccccc2-c2ccccc21. The van der Waals surface area contributed by atoms with Crippen LogP contribution in [-0.2, 0) is 19.6 Å². The molecule has 0 spiro atoms. The molecule has 4 rings (SSSR count). The van der Waals surface area contributed by atoms with E-state index in [1.807, 2.05) is 36.4 Å². The fraction of sp³-hybridized carbons (Fsp3) is 0.167. The van der Waals surface area contributed by atoms with Gasteiger partial charge in [-0.05, 0) is 43.2 Å². The van der Waals surface area contributed by atoms with Gasteiger partial charge in [-0.2, -0.15) is 4.72 Å². The predicted octanol–water partition coefficient (Wildman–Crippen LogP) is 3.20. The Morgan fingerprint density at radius 3 is 2.22 bits per heavy atom. The predicted molar refractivity (Wildman–Crippen MR) is 122 cm³/mol. The lowest BCUT2D eigenvalue weighted by Crippen LogP contribution is -2.54. The third-order valence-electron chi connectivity index (χ3n) is 5.45. The molecule has 1 heterocycles. The lowest BCUT2D eigenvalue weighted by Gasteiger charge is -2.26. The first-order valence-corrected chi connectivity index (χ1v) is 11.7. The number of anilines is 1. The van der Waals surface area contributed by atoms with Crippen molar-refractivity contribution < 1.29 is 18.0 Å². The average Bonchev–Trinajstić information content (AvgIpc) is 2.89. The normalized spacial score (nSPS) is 16.5. The van der Waals surface area contributed by atoms with Crippen molar-refractivity contribution in [1.29, 1.82) is 0 Å². The third kappa shape index (κ3) is 4.02. The van der Waals surface area contributed by atoms with Crippen molar-refractivity contribution in [3.8, 4) is 11.1 Å². The summed E-state index contributed by atoms with van der Waals surface area (Å²) in [6.07, 6.45) is 0. The number of hydrazine groups is 1. The van der Waals surface area contributed by atoms with Crippen molar-refractivity contribution in [3.63, 3.8) is 0 Å². The first kappa shape index (κ1) is 21.7. The maximum atomic E-state index is 13.3. The lowest BCUT2D eigenvalue weighted by molar-refractivity contribution is -0.127. The number of hydrogen-bond donors (Lipinski definition) is 2. The van der Waals surface area contributed by atoms with E-state index < -0.39 is 27.9 Å². The van der Waals surface area contributed by atoms with Gasteiger partial charge < -0.3 is 0 Å². The molecule has 0 bridgehead atoms. The van der Waals surface area contributed by atoms with Crippen LogP contribution in [0.25, 0.3) is 11.1 Å². The Hall–Kier alpha value is -3.49. The molecule has 0 saturated carbocycles. The number of nitrogens with zero attached hydrogens (tertiary/aromatic N) is 1. The number of amides is 2. The van der Waals surface area contributed by atoms with Crippen LogP contribution in [0.15, 0.2) is 83.8 Å². The van der Waals surface area contributed by atoms with Gasteiger partial charge in [0.05, 0.1) is 22.5 Å². The second-order valence-corrected chi connectivity index (χ2v) is 9.35. The molecule has 0 aliphatic carbocycles. The Labute approximate surface area is 187 Å². The van der Waals surface area contributed by atoms with Crippen molar-refractivity contribution in [2.45, 2.75) is 30.7 Å². The van der Waals surface area contributed by atoms with Crippen LogP contribution in [0.4, 0.5) is 5.69 Å². The minimum absolute atomic E-state index is 0.0555. The van der Waals surface area contributed by atoms with Gasteiger partial charge in [0.15, 0.2) is 0 Å². The topological polar surface area (TPSA) is 95.6 Å². The quantitative estimate of drug-likeness (QED) is 0.625. The van der Waals surface area contributed by atoms with Crippen LogP contribution in [0.2, 0.25) is 0 Å². The molecule has 0 radical (unpaired) electrons. The molecule has 0 aromatic heterocycles. The zero-order valence-corrected chi connectivity index (χ0v) is 18.5. The Kier molecular flexibility index (Phi) is 5.82. The largest absolute Gasteiger partial charge is 0.272 e. The highest BCUT2D eigenvalue weighted by atomic mass is 32.2. The summed E-state index contributed by atoms with van der Waals surface area (Å²) in [5, 5.41) is 1.22. The first-order valence-electron chi connectivity index (χ1n) is 10.2. The summed E-state index contributed by atoms with van der Waals surface area (Å²) >= 11 is 0. The molecule has 3 aromatic rings. The van der Waals surface area contributed by atoms with Crippen molar-refractivity contribution in [2.24, 2.45) is 0 Å². The van der Waals surface area contributed by atoms with E-state index in [1.165, 1.54) is 24.1 Å². The number of benzene rings is 3. The van der Waals surface area contributed by atoms with Crippen molar-refractivity contribution in [2.75, 3.05) is 5.01 Å². The summed E-state index contributed by atoms with van der Waals surface area (Å²) in [6.45, 7) is 3.22. The number of para-hydroxylation sites is 1. The van der Waals surface area contributed by atoms with Crippen molar-refractivity contribution >= 4 is 27.5 Å². The van der Waals surface area contributed by atoms with E-state index in [-0.39, 0.29) is 10.8 Å². The molecule has 2 N–H and O–H groups in total. The summed E-state index contributed by atoms with van der Waals surface area (Å²) in [4.78, 5) is 26.3. The van der Waals surface area contributed by atoms with Crippen molar-refractivity contribution in [1.82, 2.24) is 10.1 Å². The van der Waals surface area contributed by atoms with Gasteiger partial charge in [0.1, 0.15) is 0 Å². The standard InChI is InChI=1S/C24H23N3O4S/c1-16-19-12-6-7-13-20(19)21-14-8-9-15-22(21)27(24(16)29)25-23(28)17(2)26-32(30,31)18-10-4-3-5-11-18/h3-17,26H,1-2H3,(H,25,28)/t16?,17-/m0/s1. The van der Waals surface area contributed by atoms with Gasteiger partial charge in [0.2, 0.25) is 10.0 Å². The molecule has 1 unspecified atom stereocenters. The Morgan fingerprint density at radius 1 is 0.906 bits per heavy atom. The fourth-order valence-corrected chi connectivity index (χ4v) is 4.96. The maximum absolute atomic E-state index is 13.3. The molecule has 0 saturated heterocycles. The minimum Gasteiger partial charge on any atom is -0.272 e. The summed E-state index contributed by atoms with van der Waals surface area (Å²) in [5.74, 6) is -1.46. The van der Waals surface area contributed by atoms with E-state index in [4.69, 9.17) is 0 Å². The molecule has 0 fully saturated rings. The van der Waals surface area contributed by atoms with Gasteiger partial charge in [0, 0.05) is 5.56 Å². The van der Waals surface area contributed by atoms with Crippen LogP contribution in [0.3, 0.4) is 0 Å². The summed E-state index contributed by atoms with van der Waals surface area (Å²) in [5.41, 5.74) is 5.73. The highest BCUT2D eigenvalue weighted by Gasteiger charge is 2.33. The lowest BCUT2D eigenvalue weighted by atomic mass is 9.92. The molecular weight excluding hydrogens is 426 g/mol. The highest BCUT2D eigenvalue weighted by Crippen LogP contribution is 2.39. The van der Waals surface area contributed by atoms with Gasteiger partial charge in [-0.1, -0.05) is 60.7 Å². The van der Waals surface area contributed by atoms with Crippen molar-refractivity contribution in [3.05, 3.63) is 84.4 Å². The molecule has 7 nitrogen and oxygen atoms in total. The van der Waals surface area contributed by atoms with Crippen LogP contribution in [0.1, 0.15) is 25.3 Å². The van der Waals surface area contributed by atoms with Gasteiger partial charge in [-0.3, -0.25) is 15.0 Å². The number of sulfonamides is 1. The second kappa shape index (κ2) is 8.57. The third-order valence-corrected chi connectivity index (χ3v) is 7.01. The molecular formula is C24H23N3O4S. The number of hydrogen-bond acceptors (Lipinski definition) is 4. The van der Waals surface area contributed by atoms with Gasteiger partial charge in [-0.25, -0.2) is 13.4 Å². The summed E-state index contributed by atoms with van der Waals surface area (Å²) in [6, 6.07) is 21.6. The second-order valence-electron chi connectivity index (χ2n) is 7.63. The zero-order valence-electron chi connectivity index (χ0n) is 17.6. The Morgan fingerprint density at radius 2 is 1.50 bits per heavy atom. The molecule has 1 aliphatic heterocycles. The average molecular weight is 450 g/mol. The molecule has 2 atom stereocenters. The maximum Gasteiger partial charge on any atom is 0.256 e. The van der Waals surface area contributed by atoms with E-state index in [1.54, 1.807) is 37.3 Å².